The molecule has 0 amide bonds. The Bertz CT molecular complexity index is 913. The minimum atomic E-state index is -0.269. The Labute approximate surface area is 147 Å². The van der Waals surface area contributed by atoms with Gasteiger partial charge in [0.25, 0.3) is 0 Å². The average Bonchev–Trinajstić information content (AvgIpc) is 2.89. The molecule has 0 fully saturated rings. The number of ketones is 1. The summed E-state index contributed by atoms with van der Waals surface area (Å²) in [7, 11) is 0. The van der Waals surface area contributed by atoms with Crippen molar-refractivity contribution in [2.45, 2.75) is 13.0 Å². The number of Topliss-reactive ketones (excluding diaryl/α,β-unsaturated/α-hetero) is 1. The maximum atomic E-state index is 12.9. The minimum absolute atomic E-state index is 0.0729. The van der Waals surface area contributed by atoms with Gasteiger partial charge in [-0.15, -0.1) is 11.3 Å². The monoisotopic (exact) mass is 360 g/mol. The third kappa shape index (κ3) is 3.99. The first-order valence-electron chi connectivity index (χ1n) is 7.28. The molecule has 0 spiro atoms. The number of aromatic nitrogens is 1. The van der Waals surface area contributed by atoms with E-state index in [1.165, 1.54) is 23.5 Å². The van der Waals surface area contributed by atoms with E-state index in [1.807, 2.05) is 6.20 Å². The predicted octanol–water partition coefficient (Wildman–Crippen LogP) is 4.30. The molecule has 122 valence electrons. The first-order chi connectivity index (χ1) is 11.5. The molecular formula is C18H14ClFN2OS. The summed E-state index contributed by atoms with van der Waals surface area (Å²) < 4.78 is 14.6. The van der Waals surface area contributed by atoms with E-state index in [2.05, 4.69) is 0 Å². The standard InChI is InChI=1S/C18H14ClFN2OS/c19-14-5-3-13(4-6-14)17(23)11-22-10-16(24-18(22)21)9-12-1-7-15(20)8-2-12/h1-8,10,21H,9,11H2. The molecule has 0 atom stereocenters. The van der Waals surface area contributed by atoms with Gasteiger partial charge in [0.2, 0.25) is 0 Å². The number of thiazole rings is 1. The summed E-state index contributed by atoms with van der Waals surface area (Å²) in [5.74, 6) is -0.342. The highest BCUT2D eigenvalue weighted by atomic mass is 35.5. The number of hydrogen-bond donors (Lipinski definition) is 1. The van der Waals surface area contributed by atoms with Crippen molar-refractivity contribution in [3.05, 3.63) is 86.4 Å². The summed E-state index contributed by atoms with van der Waals surface area (Å²) in [6.45, 7) is 0.111. The Hall–Kier alpha value is -2.24. The Kier molecular flexibility index (Phi) is 4.92. The molecule has 0 radical (unpaired) electrons. The van der Waals surface area contributed by atoms with Crippen molar-refractivity contribution < 1.29 is 9.18 Å². The molecule has 2 aromatic carbocycles. The van der Waals surface area contributed by atoms with Crippen LogP contribution in [0.4, 0.5) is 4.39 Å². The van der Waals surface area contributed by atoms with E-state index in [-0.39, 0.29) is 18.1 Å². The number of halogens is 2. The number of hydrogen-bond acceptors (Lipinski definition) is 3. The molecule has 3 rings (SSSR count). The second-order valence-electron chi connectivity index (χ2n) is 5.36. The van der Waals surface area contributed by atoms with E-state index in [0.29, 0.717) is 21.8 Å². The number of carbonyl (C=O) groups excluding carboxylic acids is 1. The molecule has 0 saturated heterocycles. The van der Waals surface area contributed by atoms with Crippen molar-refractivity contribution in [3.8, 4) is 0 Å². The first kappa shape index (κ1) is 16.6. The molecule has 0 unspecified atom stereocenters. The molecule has 1 N–H and O–H groups in total. The summed E-state index contributed by atoms with van der Waals surface area (Å²) >= 11 is 7.14. The van der Waals surface area contributed by atoms with Crippen LogP contribution in [0.2, 0.25) is 5.02 Å². The highest BCUT2D eigenvalue weighted by Crippen LogP contribution is 2.14. The normalized spacial score (nSPS) is 10.8. The third-order valence-corrected chi connectivity index (χ3v) is 4.75. The molecule has 1 heterocycles. The fraction of sp³-hybridized carbons (Fsp3) is 0.111. The summed E-state index contributed by atoms with van der Waals surface area (Å²) in [4.78, 5) is 13.6. The van der Waals surface area contributed by atoms with Gasteiger partial charge in [-0.2, -0.15) is 0 Å². The van der Waals surface area contributed by atoms with Gasteiger partial charge >= 0.3 is 0 Å². The Balaban J connectivity index is 1.74. The Morgan fingerprint density at radius 2 is 1.79 bits per heavy atom. The van der Waals surface area contributed by atoms with E-state index in [9.17, 15) is 9.18 Å². The molecule has 24 heavy (non-hydrogen) atoms. The zero-order chi connectivity index (χ0) is 17.1. The van der Waals surface area contributed by atoms with Crippen LogP contribution in [0.5, 0.6) is 0 Å². The van der Waals surface area contributed by atoms with Crippen molar-refractivity contribution in [2.75, 3.05) is 0 Å². The molecule has 6 heteroatoms. The second-order valence-corrected chi connectivity index (χ2v) is 6.92. The summed E-state index contributed by atoms with van der Waals surface area (Å²) in [6, 6.07) is 13.0. The number of rotatable bonds is 5. The molecule has 0 saturated carbocycles. The number of benzene rings is 2. The summed E-state index contributed by atoms with van der Waals surface area (Å²) in [5.41, 5.74) is 1.53. The molecule has 0 bridgehead atoms. The van der Waals surface area contributed by atoms with E-state index >= 15 is 0 Å². The maximum absolute atomic E-state index is 12.9. The van der Waals surface area contributed by atoms with Gasteiger partial charge in [0.05, 0.1) is 6.54 Å². The Morgan fingerprint density at radius 3 is 2.46 bits per heavy atom. The van der Waals surface area contributed by atoms with Gasteiger partial charge in [-0.3, -0.25) is 10.2 Å². The fourth-order valence-corrected chi connectivity index (χ4v) is 3.35. The van der Waals surface area contributed by atoms with Gasteiger partial charge in [0.15, 0.2) is 10.6 Å². The number of nitrogens with one attached hydrogen (secondary N) is 1. The minimum Gasteiger partial charge on any atom is -0.316 e. The van der Waals surface area contributed by atoms with Crippen LogP contribution in [0.1, 0.15) is 20.8 Å². The Morgan fingerprint density at radius 1 is 1.12 bits per heavy atom. The van der Waals surface area contributed by atoms with Gasteiger partial charge in [-0.05, 0) is 42.0 Å². The largest absolute Gasteiger partial charge is 0.316 e. The van der Waals surface area contributed by atoms with E-state index in [4.69, 9.17) is 17.0 Å². The van der Waals surface area contributed by atoms with Gasteiger partial charge in [0.1, 0.15) is 5.82 Å². The second kappa shape index (κ2) is 7.11. The van der Waals surface area contributed by atoms with Crippen LogP contribution in [-0.4, -0.2) is 10.4 Å². The van der Waals surface area contributed by atoms with Crippen molar-refractivity contribution >= 4 is 28.7 Å². The van der Waals surface area contributed by atoms with Crippen LogP contribution in [0.25, 0.3) is 0 Å². The molecule has 3 nitrogen and oxygen atoms in total. The lowest BCUT2D eigenvalue weighted by molar-refractivity contribution is 0.0971. The van der Waals surface area contributed by atoms with Crippen LogP contribution >= 0.6 is 22.9 Å². The van der Waals surface area contributed by atoms with Gasteiger partial charge < -0.3 is 4.57 Å². The molecule has 1 aromatic heterocycles. The number of nitrogens with zero attached hydrogens (tertiary/aromatic N) is 1. The highest BCUT2D eigenvalue weighted by molar-refractivity contribution is 7.09. The van der Waals surface area contributed by atoms with Gasteiger partial charge in [0, 0.05) is 28.1 Å². The average molecular weight is 361 g/mol. The smallest absolute Gasteiger partial charge is 0.182 e. The fourth-order valence-electron chi connectivity index (χ4n) is 2.33. The molecular weight excluding hydrogens is 347 g/mol. The SMILES string of the molecule is N=c1sc(Cc2ccc(F)cc2)cn1CC(=O)c1ccc(Cl)cc1. The summed E-state index contributed by atoms with van der Waals surface area (Å²) in [5, 5.41) is 8.61. The zero-order valence-electron chi connectivity index (χ0n) is 12.6. The van der Waals surface area contributed by atoms with Gasteiger partial charge in [-0.1, -0.05) is 23.7 Å². The lowest BCUT2D eigenvalue weighted by Gasteiger charge is -2.02. The van der Waals surface area contributed by atoms with E-state index in [1.54, 1.807) is 41.0 Å². The molecule has 0 aliphatic heterocycles. The lowest BCUT2D eigenvalue weighted by atomic mass is 10.1. The topological polar surface area (TPSA) is 45.9 Å². The molecule has 0 aliphatic carbocycles. The molecule has 0 aliphatic rings. The van der Waals surface area contributed by atoms with Crippen LogP contribution < -0.4 is 4.80 Å². The van der Waals surface area contributed by atoms with E-state index in [0.717, 1.165) is 10.4 Å². The van der Waals surface area contributed by atoms with Crippen LogP contribution in [0, 0.1) is 11.2 Å². The molecule has 3 aromatic rings. The first-order valence-corrected chi connectivity index (χ1v) is 8.47. The van der Waals surface area contributed by atoms with Crippen LogP contribution in [-0.2, 0) is 13.0 Å². The summed E-state index contributed by atoms with van der Waals surface area (Å²) in [6.07, 6.45) is 2.42. The lowest BCUT2D eigenvalue weighted by Crippen LogP contribution is -2.18. The van der Waals surface area contributed by atoms with Crippen molar-refractivity contribution in [3.63, 3.8) is 0 Å². The van der Waals surface area contributed by atoms with Gasteiger partial charge in [-0.25, -0.2) is 4.39 Å². The maximum Gasteiger partial charge on any atom is 0.182 e. The predicted molar refractivity (Wildman–Crippen MR) is 93.2 cm³/mol. The van der Waals surface area contributed by atoms with Crippen LogP contribution in [0.3, 0.4) is 0 Å². The highest BCUT2D eigenvalue weighted by Gasteiger charge is 2.10. The van der Waals surface area contributed by atoms with E-state index < -0.39 is 0 Å². The van der Waals surface area contributed by atoms with Crippen molar-refractivity contribution in [2.24, 2.45) is 0 Å². The van der Waals surface area contributed by atoms with Crippen molar-refractivity contribution in [1.82, 2.24) is 4.57 Å². The van der Waals surface area contributed by atoms with Crippen LogP contribution in [0.15, 0.2) is 54.7 Å². The third-order valence-electron chi connectivity index (χ3n) is 3.56. The van der Waals surface area contributed by atoms with Crippen molar-refractivity contribution in [1.29, 1.82) is 5.41 Å². The quantitative estimate of drug-likeness (QED) is 0.677. The number of carbonyl (C=O) groups is 1. The zero-order valence-corrected chi connectivity index (χ0v) is 14.2.